The van der Waals surface area contributed by atoms with E-state index < -0.39 is 8.32 Å². The van der Waals surface area contributed by atoms with Crippen LogP contribution < -0.4 is 0 Å². The molecule has 3 saturated carbocycles. The molecule has 8 atom stereocenters. The second-order valence-corrected chi connectivity index (χ2v) is 18.4. The molecule has 35 heavy (non-hydrogen) atoms. The van der Waals surface area contributed by atoms with Crippen LogP contribution in [0, 0.1) is 40.9 Å². The SMILES string of the molecule is C/C=C(\C)[C@H]1[C@@H](CO[Si](C)(C)C(C)(C)C)[C@H]2[C@H]([C@@H](OC(=O)c3ccccc3)CC[C@@H]2C)[C@H]2C[C@]21C. The van der Waals surface area contributed by atoms with Crippen molar-refractivity contribution >= 4 is 14.3 Å². The highest BCUT2D eigenvalue weighted by Crippen LogP contribution is 2.73. The van der Waals surface area contributed by atoms with Crippen LogP contribution >= 0.6 is 0 Å². The van der Waals surface area contributed by atoms with E-state index in [-0.39, 0.29) is 22.5 Å². The summed E-state index contributed by atoms with van der Waals surface area (Å²) in [6, 6.07) is 9.52. The van der Waals surface area contributed by atoms with Gasteiger partial charge in [0.25, 0.3) is 0 Å². The number of allylic oxidation sites excluding steroid dienone is 2. The lowest BCUT2D eigenvalue weighted by Gasteiger charge is -2.54. The number of carbonyl (C=O) groups excluding carboxylic acids is 1. The van der Waals surface area contributed by atoms with Crippen LogP contribution in [0.4, 0.5) is 0 Å². The molecule has 0 unspecified atom stereocenters. The summed E-state index contributed by atoms with van der Waals surface area (Å²) in [5.41, 5.74) is 2.47. The lowest BCUT2D eigenvalue weighted by Crippen LogP contribution is -2.54. The Balaban J connectivity index is 1.65. The fourth-order valence-electron chi connectivity index (χ4n) is 7.42. The number of hydrogen-bond donors (Lipinski definition) is 0. The third-order valence-corrected chi connectivity index (χ3v) is 15.0. The topological polar surface area (TPSA) is 35.5 Å². The van der Waals surface area contributed by atoms with Gasteiger partial charge in [0, 0.05) is 12.5 Å². The van der Waals surface area contributed by atoms with Gasteiger partial charge in [-0.2, -0.15) is 0 Å². The van der Waals surface area contributed by atoms with E-state index in [1.807, 2.05) is 30.3 Å². The molecule has 0 saturated heterocycles. The fraction of sp³-hybridized carbons (Fsp3) is 0.710. The molecule has 4 heteroatoms. The van der Waals surface area contributed by atoms with Crippen LogP contribution in [0.1, 0.15) is 78.1 Å². The van der Waals surface area contributed by atoms with Crippen LogP contribution in [0.5, 0.6) is 0 Å². The van der Waals surface area contributed by atoms with Crippen molar-refractivity contribution in [1.82, 2.24) is 0 Å². The Morgan fingerprint density at radius 1 is 1.14 bits per heavy atom. The minimum atomic E-state index is -1.87. The van der Waals surface area contributed by atoms with Crippen molar-refractivity contribution in [2.75, 3.05) is 6.61 Å². The van der Waals surface area contributed by atoms with Gasteiger partial charge in [-0.25, -0.2) is 4.79 Å². The van der Waals surface area contributed by atoms with Crippen LogP contribution in [0.15, 0.2) is 42.0 Å². The second-order valence-electron chi connectivity index (χ2n) is 13.6. The van der Waals surface area contributed by atoms with Gasteiger partial charge in [0.2, 0.25) is 0 Å². The molecule has 3 aliphatic carbocycles. The lowest BCUT2D eigenvalue weighted by atomic mass is 9.53. The molecule has 0 bridgehead atoms. The summed E-state index contributed by atoms with van der Waals surface area (Å²) in [5, 5.41) is 0.199. The van der Waals surface area contributed by atoms with Crippen molar-refractivity contribution in [3.8, 4) is 0 Å². The minimum Gasteiger partial charge on any atom is -0.458 e. The zero-order valence-corrected chi connectivity index (χ0v) is 24.6. The third-order valence-electron chi connectivity index (χ3n) is 10.5. The van der Waals surface area contributed by atoms with Crippen molar-refractivity contribution in [3.63, 3.8) is 0 Å². The van der Waals surface area contributed by atoms with Crippen LogP contribution in [0.3, 0.4) is 0 Å². The minimum absolute atomic E-state index is 0.0120. The van der Waals surface area contributed by atoms with Crippen LogP contribution in [0.25, 0.3) is 0 Å². The molecule has 1 aromatic carbocycles. The van der Waals surface area contributed by atoms with Gasteiger partial charge in [-0.05, 0) is 98.4 Å². The van der Waals surface area contributed by atoms with Crippen LogP contribution in [-0.2, 0) is 9.16 Å². The molecule has 0 radical (unpaired) electrons. The summed E-state index contributed by atoms with van der Waals surface area (Å²) in [7, 11) is -1.87. The molecule has 0 heterocycles. The summed E-state index contributed by atoms with van der Waals surface area (Å²) in [4.78, 5) is 13.1. The number of esters is 1. The molecule has 3 aliphatic rings. The van der Waals surface area contributed by atoms with Gasteiger partial charge in [0.15, 0.2) is 8.32 Å². The zero-order valence-electron chi connectivity index (χ0n) is 23.6. The number of rotatable bonds is 6. The van der Waals surface area contributed by atoms with Crippen molar-refractivity contribution in [2.45, 2.75) is 92.0 Å². The van der Waals surface area contributed by atoms with Gasteiger partial charge in [-0.15, -0.1) is 0 Å². The Hall–Kier alpha value is -1.39. The largest absolute Gasteiger partial charge is 0.458 e. The molecule has 0 amide bonds. The first-order valence-electron chi connectivity index (χ1n) is 13.8. The van der Waals surface area contributed by atoms with E-state index in [0.717, 1.165) is 19.4 Å². The summed E-state index contributed by atoms with van der Waals surface area (Å²) < 4.78 is 13.3. The van der Waals surface area contributed by atoms with E-state index in [1.165, 1.54) is 12.0 Å². The molecule has 0 aromatic heterocycles. The van der Waals surface area contributed by atoms with E-state index >= 15 is 0 Å². The number of fused-ring (bicyclic) bond motifs is 3. The van der Waals surface area contributed by atoms with Gasteiger partial charge in [-0.1, -0.05) is 64.5 Å². The summed E-state index contributed by atoms with van der Waals surface area (Å²) in [6.07, 6.45) is 5.70. The van der Waals surface area contributed by atoms with E-state index in [9.17, 15) is 4.79 Å². The molecular formula is C31H48O3Si. The molecule has 0 aliphatic heterocycles. The number of ether oxygens (including phenoxy) is 1. The van der Waals surface area contributed by atoms with Crippen LogP contribution in [-0.4, -0.2) is 27.0 Å². The Bertz CT molecular complexity index is 946. The van der Waals surface area contributed by atoms with Gasteiger partial charge in [0.05, 0.1) is 5.56 Å². The highest BCUT2D eigenvalue weighted by Gasteiger charge is 2.69. The molecule has 3 nitrogen and oxygen atoms in total. The fourth-order valence-corrected chi connectivity index (χ4v) is 8.46. The van der Waals surface area contributed by atoms with Crippen molar-refractivity contribution in [3.05, 3.63) is 47.5 Å². The molecular weight excluding hydrogens is 448 g/mol. The Labute approximate surface area is 215 Å². The molecule has 3 fully saturated rings. The average Bonchev–Trinajstić information content (AvgIpc) is 3.50. The maximum atomic E-state index is 13.1. The van der Waals surface area contributed by atoms with Crippen molar-refractivity contribution < 1.29 is 14.0 Å². The number of benzene rings is 1. The summed E-state index contributed by atoms with van der Waals surface area (Å²) in [6.45, 7) is 22.1. The quantitative estimate of drug-likeness (QED) is 0.226. The summed E-state index contributed by atoms with van der Waals surface area (Å²) >= 11 is 0. The van der Waals surface area contributed by atoms with Gasteiger partial charge in [-0.3, -0.25) is 0 Å². The van der Waals surface area contributed by atoms with E-state index in [4.69, 9.17) is 9.16 Å². The maximum absolute atomic E-state index is 13.1. The predicted octanol–water partition coefficient (Wildman–Crippen LogP) is 8.13. The molecule has 1 aromatic rings. The van der Waals surface area contributed by atoms with E-state index in [2.05, 4.69) is 67.6 Å². The Morgan fingerprint density at radius 2 is 1.80 bits per heavy atom. The first kappa shape index (κ1) is 26.7. The Kier molecular flexibility index (Phi) is 7.22. The van der Waals surface area contributed by atoms with E-state index in [0.29, 0.717) is 41.1 Å². The first-order chi connectivity index (χ1) is 16.3. The Morgan fingerprint density at radius 3 is 2.40 bits per heavy atom. The van der Waals surface area contributed by atoms with E-state index in [1.54, 1.807) is 0 Å². The molecule has 0 spiro atoms. The van der Waals surface area contributed by atoms with Gasteiger partial charge >= 0.3 is 5.97 Å². The third kappa shape index (κ3) is 4.82. The standard InChI is InChI=1S/C31H48O3Si/c1-10-20(2)28-23(19-33-35(8,9)30(4,5)6)26-21(3)16-17-25(27(26)24-18-31(24,28)7)34-29(32)22-14-12-11-13-15-22/h10-15,21,23-28H,16-19H2,1-9H3/b20-10+/t21-,23-,24+,25-,26-,27-,28-,31+/m0/s1. The highest BCUT2D eigenvalue weighted by atomic mass is 28.4. The molecule has 4 rings (SSSR count). The van der Waals surface area contributed by atoms with Crippen LogP contribution in [0.2, 0.25) is 18.1 Å². The lowest BCUT2D eigenvalue weighted by molar-refractivity contribution is -0.0955. The van der Waals surface area contributed by atoms with Gasteiger partial charge < -0.3 is 9.16 Å². The molecule has 0 N–H and O–H groups in total. The molecule has 194 valence electrons. The zero-order chi connectivity index (χ0) is 25.8. The monoisotopic (exact) mass is 496 g/mol. The van der Waals surface area contributed by atoms with Crippen molar-refractivity contribution in [1.29, 1.82) is 0 Å². The smallest absolute Gasteiger partial charge is 0.338 e. The number of carbonyl (C=O) groups is 1. The number of hydrogen-bond acceptors (Lipinski definition) is 3. The van der Waals surface area contributed by atoms with Crippen molar-refractivity contribution in [2.24, 2.45) is 40.9 Å². The van der Waals surface area contributed by atoms with Gasteiger partial charge in [0.1, 0.15) is 6.10 Å². The first-order valence-corrected chi connectivity index (χ1v) is 16.8. The highest BCUT2D eigenvalue weighted by molar-refractivity contribution is 6.74. The predicted molar refractivity (Wildman–Crippen MR) is 147 cm³/mol. The maximum Gasteiger partial charge on any atom is 0.338 e. The second kappa shape index (κ2) is 9.48. The average molecular weight is 497 g/mol. The summed E-state index contributed by atoms with van der Waals surface area (Å²) in [5.74, 6) is 3.08. The normalized spacial score (nSPS) is 37.3.